The lowest BCUT2D eigenvalue weighted by Gasteiger charge is -2.14. The molecule has 0 aromatic carbocycles. The van der Waals surface area contributed by atoms with Crippen LogP contribution in [0.1, 0.15) is 42.0 Å². The zero-order valence-electron chi connectivity index (χ0n) is 13.0. The molecule has 1 amide bonds. The first-order valence-corrected chi connectivity index (χ1v) is 8.19. The number of hydrogen-bond acceptors (Lipinski definition) is 4. The van der Waals surface area contributed by atoms with Crippen molar-refractivity contribution in [3.63, 3.8) is 0 Å². The van der Waals surface area contributed by atoms with Crippen molar-refractivity contribution in [2.24, 2.45) is 7.05 Å². The second-order valence-electron chi connectivity index (χ2n) is 5.72. The molecule has 0 fully saturated rings. The van der Waals surface area contributed by atoms with Crippen LogP contribution in [-0.2, 0) is 11.8 Å². The van der Waals surface area contributed by atoms with E-state index < -0.39 is 0 Å². The minimum Gasteiger partial charge on any atom is -0.310 e. The molecular weight excluding hydrogens is 302 g/mol. The van der Waals surface area contributed by atoms with Gasteiger partial charge in [-0.1, -0.05) is 0 Å². The van der Waals surface area contributed by atoms with Crippen molar-refractivity contribution >= 4 is 23.5 Å². The molecule has 3 heterocycles. The van der Waals surface area contributed by atoms with Crippen LogP contribution in [0.5, 0.6) is 0 Å². The summed E-state index contributed by atoms with van der Waals surface area (Å²) in [5.74, 6) is 0.789. The molecular formula is C14H19N5O2S. The number of carbonyl (C=O) groups is 1. The average molecular weight is 321 g/mol. The Bertz CT molecular complexity index is 786. The van der Waals surface area contributed by atoms with Gasteiger partial charge in [0.25, 0.3) is 5.56 Å². The number of aromatic nitrogens is 4. The van der Waals surface area contributed by atoms with Crippen molar-refractivity contribution < 1.29 is 4.79 Å². The molecule has 1 aliphatic rings. The van der Waals surface area contributed by atoms with E-state index in [2.05, 4.69) is 15.5 Å². The summed E-state index contributed by atoms with van der Waals surface area (Å²) in [5.41, 5.74) is 2.40. The summed E-state index contributed by atoms with van der Waals surface area (Å²) >= 11 is 1.46. The Balaban J connectivity index is 2.21. The molecule has 0 unspecified atom stereocenters. The molecule has 0 bridgehead atoms. The van der Waals surface area contributed by atoms with Crippen LogP contribution >= 0.6 is 11.8 Å². The SMILES string of the molecule is Cc1c([C@@H]2SCC(=O)Nc3c2c(=O)[nH]n3C(C)C)cnn1C. The molecule has 1 atom stereocenters. The Morgan fingerprint density at radius 3 is 2.73 bits per heavy atom. The monoisotopic (exact) mass is 321 g/mol. The van der Waals surface area contributed by atoms with Gasteiger partial charge in [0.1, 0.15) is 5.82 Å². The van der Waals surface area contributed by atoms with Crippen LogP contribution in [0.15, 0.2) is 11.0 Å². The molecule has 0 radical (unpaired) electrons. The quantitative estimate of drug-likeness (QED) is 0.879. The highest BCUT2D eigenvalue weighted by Gasteiger charge is 2.32. The van der Waals surface area contributed by atoms with Crippen molar-refractivity contribution in [2.45, 2.75) is 32.1 Å². The molecule has 0 aliphatic carbocycles. The molecule has 8 heteroatoms. The second-order valence-corrected chi connectivity index (χ2v) is 6.81. The van der Waals surface area contributed by atoms with Crippen LogP contribution in [0.25, 0.3) is 0 Å². The summed E-state index contributed by atoms with van der Waals surface area (Å²) in [5, 5.41) is 9.76. The van der Waals surface area contributed by atoms with E-state index in [1.165, 1.54) is 11.8 Å². The fourth-order valence-corrected chi connectivity index (χ4v) is 3.84. The van der Waals surface area contributed by atoms with Gasteiger partial charge < -0.3 is 5.32 Å². The van der Waals surface area contributed by atoms with E-state index in [-0.39, 0.29) is 22.8 Å². The van der Waals surface area contributed by atoms with Gasteiger partial charge in [-0.3, -0.25) is 24.1 Å². The highest BCUT2D eigenvalue weighted by molar-refractivity contribution is 8.00. The molecule has 22 heavy (non-hydrogen) atoms. The number of aromatic amines is 1. The first-order chi connectivity index (χ1) is 10.4. The molecule has 0 saturated heterocycles. The van der Waals surface area contributed by atoms with E-state index in [9.17, 15) is 9.59 Å². The number of thioether (sulfide) groups is 1. The first-order valence-electron chi connectivity index (χ1n) is 7.14. The van der Waals surface area contributed by atoms with E-state index in [4.69, 9.17) is 0 Å². The fraction of sp³-hybridized carbons (Fsp3) is 0.500. The molecule has 2 aromatic rings. The molecule has 1 aliphatic heterocycles. The summed E-state index contributed by atoms with van der Waals surface area (Å²) in [4.78, 5) is 24.5. The number of nitrogens with one attached hydrogen (secondary N) is 2. The van der Waals surface area contributed by atoms with Crippen LogP contribution in [-0.4, -0.2) is 31.2 Å². The average Bonchev–Trinajstić information content (AvgIpc) is 2.88. The third-order valence-electron chi connectivity index (χ3n) is 3.94. The highest BCUT2D eigenvalue weighted by Crippen LogP contribution is 2.41. The Labute approximate surface area is 132 Å². The lowest BCUT2D eigenvalue weighted by molar-refractivity contribution is -0.113. The summed E-state index contributed by atoms with van der Waals surface area (Å²) in [7, 11) is 1.87. The summed E-state index contributed by atoms with van der Waals surface area (Å²) in [6.45, 7) is 5.89. The third kappa shape index (κ3) is 2.27. The molecule has 2 N–H and O–H groups in total. The van der Waals surface area contributed by atoms with Gasteiger partial charge in [-0.2, -0.15) is 5.10 Å². The normalized spacial score (nSPS) is 18.2. The van der Waals surface area contributed by atoms with E-state index in [1.54, 1.807) is 15.6 Å². The predicted octanol–water partition coefficient (Wildman–Crippen LogP) is 1.57. The van der Waals surface area contributed by atoms with Gasteiger partial charge in [-0.15, -0.1) is 11.8 Å². The molecule has 0 saturated carbocycles. The zero-order chi connectivity index (χ0) is 16.0. The number of H-pyrrole nitrogens is 1. The van der Waals surface area contributed by atoms with Gasteiger partial charge in [0.05, 0.1) is 22.8 Å². The Morgan fingerprint density at radius 2 is 2.14 bits per heavy atom. The van der Waals surface area contributed by atoms with Gasteiger partial charge in [-0.05, 0) is 20.8 Å². The number of hydrogen-bond donors (Lipinski definition) is 2. The molecule has 3 rings (SSSR count). The number of carbonyl (C=O) groups excluding carboxylic acids is 1. The minimum atomic E-state index is -0.202. The van der Waals surface area contributed by atoms with Gasteiger partial charge in [0, 0.05) is 24.3 Å². The topological polar surface area (TPSA) is 84.7 Å². The second kappa shape index (κ2) is 5.35. The predicted molar refractivity (Wildman–Crippen MR) is 86.3 cm³/mol. The molecule has 0 spiro atoms. The van der Waals surface area contributed by atoms with Crippen molar-refractivity contribution in [1.82, 2.24) is 19.6 Å². The fourth-order valence-electron chi connectivity index (χ4n) is 2.65. The highest BCUT2D eigenvalue weighted by atomic mass is 32.2. The lowest BCUT2D eigenvalue weighted by Crippen LogP contribution is -2.17. The Hall–Kier alpha value is -1.96. The van der Waals surface area contributed by atoms with Crippen molar-refractivity contribution in [2.75, 3.05) is 11.1 Å². The number of nitrogens with zero attached hydrogens (tertiary/aromatic N) is 3. The largest absolute Gasteiger partial charge is 0.310 e. The van der Waals surface area contributed by atoms with Crippen LogP contribution in [0.3, 0.4) is 0 Å². The van der Waals surface area contributed by atoms with Gasteiger partial charge in [-0.25, -0.2) is 0 Å². The van der Waals surface area contributed by atoms with Gasteiger partial charge >= 0.3 is 0 Å². The number of aryl methyl sites for hydroxylation is 1. The van der Waals surface area contributed by atoms with E-state index >= 15 is 0 Å². The number of amides is 1. The van der Waals surface area contributed by atoms with Crippen LogP contribution in [0.4, 0.5) is 5.82 Å². The van der Waals surface area contributed by atoms with E-state index in [0.717, 1.165) is 11.3 Å². The van der Waals surface area contributed by atoms with Crippen molar-refractivity contribution in [3.8, 4) is 0 Å². The van der Waals surface area contributed by atoms with Crippen LogP contribution in [0, 0.1) is 6.92 Å². The smallest absolute Gasteiger partial charge is 0.270 e. The van der Waals surface area contributed by atoms with Crippen LogP contribution < -0.4 is 10.9 Å². The first kappa shape index (κ1) is 15.0. The van der Waals surface area contributed by atoms with E-state index in [0.29, 0.717) is 17.1 Å². The van der Waals surface area contributed by atoms with Crippen molar-refractivity contribution in [3.05, 3.63) is 33.4 Å². The third-order valence-corrected chi connectivity index (χ3v) is 5.19. The molecule has 2 aromatic heterocycles. The maximum absolute atomic E-state index is 12.5. The minimum absolute atomic E-state index is 0.0514. The van der Waals surface area contributed by atoms with Crippen molar-refractivity contribution in [1.29, 1.82) is 0 Å². The van der Waals surface area contributed by atoms with Crippen LogP contribution in [0.2, 0.25) is 0 Å². The zero-order valence-corrected chi connectivity index (χ0v) is 13.8. The summed E-state index contributed by atoms with van der Waals surface area (Å²) in [6, 6.07) is 0.0514. The van der Waals surface area contributed by atoms with Gasteiger partial charge in [0.15, 0.2) is 0 Å². The Morgan fingerprint density at radius 1 is 1.41 bits per heavy atom. The van der Waals surface area contributed by atoms with Gasteiger partial charge in [0.2, 0.25) is 5.91 Å². The molecule has 7 nitrogen and oxygen atoms in total. The standard InChI is InChI=1S/C14H19N5O2S/c1-7(2)19-13-11(14(21)17-19)12(22-6-10(20)16-13)9-5-15-18(4)8(9)3/h5,7,12H,6H2,1-4H3,(H,16,20)(H,17,21)/t12-/m0/s1. The lowest BCUT2D eigenvalue weighted by atomic mass is 10.1. The molecule has 118 valence electrons. The maximum Gasteiger partial charge on any atom is 0.270 e. The number of anilines is 1. The van der Waals surface area contributed by atoms with E-state index in [1.807, 2.05) is 27.8 Å². The summed E-state index contributed by atoms with van der Waals surface area (Å²) in [6.07, 6.45) is 1.78. The Kier molecular flexibility index (Phi) is 3.64. The summed E-state index contributed by atoms with van der Waals surface area (Å²) < 4.78 is 3.50. The number of rotatable bonds is 2. The maximum atomic E-state index is 12.5. The number of fused-ring (bicyclic) bond motifs is 1.